The Hall–Kier alpha value is -4.09. The Morgan fingerprint density at radius 3 is 2.37 bits per heavy atom. The van der Waals surface area contributed by atoms with Gasteiger partial charge in [-0.05, 0) is 48.9 Å². The second-order valence-electron chi connectivity index (χ2n) is 13.3. The zero-order valence-corrected chi connectivity index (χ0v) is 31.4. The van der Waals surface area contributed by atoms with Crippen molar-refractivity contribution in [3.8, 4) is 0 Å². The Morgan fingerprint density at radius 1 is 1.06 bits per heavy atom. The van der Waals surface area contributed by atoms with E-state index in [9.17, 15) is 33.1 Å². The average Bonchev–Trinajstić information content (AvgIpc) is 3.67. The summed E-state index contributed by atoms with van der Waals surface area (Å²) in [5.41, 5.74) is 1.47. The molecule has 1 fully saturated rings. The number of aryl methyl sites for hydroxylation is 1. The standard InChI is InChI=1S/C35H48N6O8S2/c1-23(2)19-39(51(47,48)29-14-10-13-28(18-29)41(46)35(45)49-6)21-31(42)30(17-26-11-8-7-9-12-26)37-33(43)32(24(3)4)40-16-15-38(34(40)44)20-27-22-50-25(5)36-27/h7-14,18,22-24,30-32,42,46H,15-17,19-21H2,1-6H3,(H,37,43)/t30-,31+,32-/m0/s1. The number of benzene rings is 2. The van der Waals surface area contributed by atoms with E-state index in [2.05, 4.69) is 15.0 Å². The second-order valence-corrected chi connectivity index (χ2v) is 16.3. The van der Waals surface area contributed by atoms with Crippen molar-refractivity contribution in [1.29, 1.82) is 0 Å². The number of amides is 4. The van der Waals surface area contributed by atoms with Gasteiger partial charge in [0.05, 0.1) is 47.1 Å². The van der Waals surface area contributed by atoms with Gasteiger partial charge >= 0.3 is 12.1 Å². The molecule has 278 valence electrons. The first-order valence-corrected chi connectivity index (χ1v) is 19.1. The van der Waals surface area contributed by atoms with E-state index >= 15 is 0 Å². The molecule has 1 aliphatic heterocycles. The van der Waals surface area contributed by atoms with Crippen LogP contribution in [0.2, 0.25) is 0 Å². The van der Waals surface area contributed by atoms with Crippen LogP contribution >= 0.6 is 11.3 Å². The molecule has 0 radical (unpaired) electrons. The van der Waals surface area contributed by atoms with Crippen LogP contribution in [-0.4, -0.2) is 107 Å². The van der Waals surface area contributed by atoms with Crippen LogP contribution < -0.4 is 10.4 Å². The fraction of sp³-hybridized carbons (Fsp3) is 0.486. The van der Waals surface area contributed by atoms with Crippen LogP contribution in [-0.2, 0) is 32.5 Å². The second kappa shape index (κ2) is 17.4. The third-order valence-corrected chi connectivity index (χ3v) is 11.1. The van der Waals surface area contributed by atoms with E-state index in [0.717, 1.165) is 33.7 Å². The summed E-state index contributed by atoms with van der Waals surface area (Å²) in [7, 11) is -3.21. The number of ether oxygens (including phenoxy) is 1. The molecular formula is C35H48N6O8S2. The van der Waals surface area contributed by atoms with Crippen LogP contribution in [0.3, 0.4) is 0 Å². The van der Waals surface area contributed by atoms with Crippen molar-refractivity contribution in [2.45, 2.75) is 70.7 Å². The number of nitrogens with zero attached hydrogens (tertiary/aromatic N) is 5. The van der Waals surface area contributed by atoms with Crippen molar-refractivity contribution in [2.24, 2.45) is 11.8 Å². The lowest BCUT2D eigenvalue weighted by molar-refractivity contribution is -0.128. The fourth-order valence-corrected chi connectivity index (χ4v) is 8.30. The normalized spacial score (nSPS) is 15.4. The molecule has 3 aromatic rings. The summed E-state index contributed by atoms with van der Waals surface area (Å²) in [5, 5.41) is 28.0. The summed E-state index contributed by atoms with van der Waals surface area (Å²) in [6.45, 7) is 10.0. The van der Waals surface area contributed by atoms with E-state index in [1.54, 1.807) is 9.80 Å². The molecule has 0 spiro atoms. The predicted octanol–water partition coefficient (Wildman–Crippen LogP) is 4.11. The molecular weight excluding hydrogens is 697 g/mol. The highest BCUT2D eigenvalue weighted by Gasteiger charge is 2.40. The number of methoxy groups -OCH3 is 1. The third kappa shape index (κ3) is 10.0. The monoisotopic (exact) mass is 744 g/mol. The smallest absolute Gasteiger partial charge is 0.438 e. The molecule has 0 unspecified atom stereocenters. The highest BCUT2D eigenvalue weighted by molar-refractivity contribution is 7.89. The lowest BCUT2D eigenvalue weighted by Crippen LogP contribution is -2.57. The minimum atomic E-state index is -4.29. The molecule has 3 atom stereocenters. The van der Waals surface area contributed by atoms with Crippen molar-refractivity contribution in [2.75, 3.05) is 38.4 Å². The minimum absolute atomic E-state index is 0.0285. The molecule has 51 heavy (non-hydrogen) atoms. The molecule has 3 N–H and O–H groups in total. The quantitative estimate of drug-likeness (QED) is 0.144. The van der Waals surface area contributed by atoms with E-state index < -0.39 is 40.2 Å². The number of aliphatic hydroxyl groups excluding tert-OH is 1. The van der Waals surface area contributed by atoms with Crippen molar-refractivity contribution in [3.05, 3.63) is 76.2 Å². The van der Waals surface area contributed by atoms with Gasteiger partial charge in [-0.1, -0.05) is 64.1 Å². The molecule has 0 aliphatic carbocycles. The van der Waals surface area contributed by atoms with Gasteiger partial charge in [0.15, 0.2) is 0 Å². The first-order valence-electron chi connectivity index (χ1n) is 16.8. The first kappa shape index (κ1) is 39.7. The van der Waals surface area contributed by atoms with Crippen LogP contribution in [0.25, 0.3) is 0 Å². The van der Waals surface area contributed by atoms with E-state index in [-0.39, 0.29) is 53.0 Å². The fourth-order valence-electron chi connectivity index (χ4n) is 6.04. The number of rotatable bonds is 16. The summed E-state index contributed by atoms with van der Waals surface area (Å²) in [6, 6.07) is 12.3. The van der Waals surface area contributed by atoms with Gasteiger partial charge in [-0.15, -0.1) is 11.3 Å². The number of thiazole rings is 1. The third-order valence-electron chi connectivity index (χ3n) is 8.48. The Kier molecular flexibility index (Phi) is 13.6. The molecule has 16 heteroatoms. The largest absolute Gasteiger partial charge is 0.451 e. The average molecular weight is 745 g/mol. The molecule has 1 aromatic heterocycles. The van der Waals surface area contributed by atoms with Gasteiger partial charge in [0, 0.05) is 31.6 Å². The topological polar surface area (TPSA) is 173 Å². The molecule has 2 aromatic carbocycles. The van der Waals surface area contributed by atoms with Crippen molar-refractivity contribution < 1.29 is 37.9 Å². The molecule has 1 aliphatic rings. The van der Waals surface area contributed by atoms with Gasteiger partial charge < -0.3 is 25.0 Å². The van der Waals surface area contributed by atoms with Gasteiger partial charge in [0.2, 0.25) is 15.9 Å². The van der Waals surface area contributed by atoms with E-state index in [4.69, 9.17) is 0 Å². The van der Waals surface area contributed by atoms with E-state index in [1.165, 1.54) is 29.5 Å². The summed E-state index contributed by atoms with van der Waals surface area (Å²) in [4.78, 5) is 47.0. The number of urea groups is 1. The van der Waals surface area contributed by atoms with Crippen LogP contribution in [0.15, 0.2) is 64.9 Å². The number of anilines is 1. The van der Waals surface area contributed by atoms with Crippen molar-refractivity contribution in [1.82, 2.24) is 24.4 Å². The van der Waals surface area contributed by atoms with Crippen molar-refractivity contribution in [3.63, 3.8) is 0 Å². The van der Waals surface area contributed by atoms with Crippen LogP contribution in [0.1, 0.15) is 44.0 Å². The van der Waals surface area contributed by atoms with Crippen LogP contribution in [0.5, 0.6) is 0 Å². The molecule has 2 heterocycles. The number of carbonyl (C=O) groups is 3. The maximum absolute atomic E-state index is 14.1. The van der Waals surface area contributed by atoms with Gasteiger partial charge in [0.1, 0.15) is 6.04 Å². The molecule has 0 saturated carbocycles. The summed E-state index contributed by atoms with van der Waals surface area (Å²) >= 11 is 1.51. The van der Waals surface area contributed by atoms with Gasteiger partial charge in [-0.2, -0.15) is 9.37 Å². The van der Waals surface area contributed by atoms with Crippen LogP contribution in [0.4, 0.5) is 15.3 Å². The molecule has 1 saturated heterocycles. The van der Waals surface area contributed by atoms with E-state index in [0.29, 0.717) is 19.6 Å². The maximum Gasteiger partial charge on any atom is 0.438 e. The van der Waals surface area contributed by atoms with Gasteiger partial charge in [-0.3, -0.25) is 10.0 Å². The zero-order valence-electron chi connectivity index (χ0n) is 29.8. The SMILES string of the molecule is COC(=O)N(O)c1cccc(S(=O)(=O)N(CC(C)C)C[C@@H](O)[C@H](Cc2ccccc2)NC(=O)[C@H](C(C)C)N2CCN(Cc3csc(C)n3)C2=O)c1. The molecule has 4 amide bonds. The number of nitrogens with one attached hydrogen (secondary N) is 1. The summed E-state index contributed by atoms with van der Waals surface area (Å²) < 4.78 is 33.8. The number of sulfonamides is 1. The van der Waals surface area contributed by atoms with E-state index in [1.807, 2.05) is 70.3 Å². The summed E-state index contributed by atoms with van der Waals surface area (Å²) in [5.74, 6) is -0.878. The zero-order chi connectivity index (χ0) is 37.5. The number of aliphatic hydroxyl groups is 1. The Balaban J connectivity index is 1.59. The lowest BCUT2D eigenvalue weighted by atomic mass is 9.97. The number of hydrogen-bond donors (Lipinski definition) is 3. The Bertz CT molecular complexity index is 1750. The first-order chi connectivity index (χ1) is 24.1. The number of aromatic nitrogens is 1. The predicted molar refractivity (Wildman–Crippen MR) is 193 cm³/mol. The number of hydroxylamine groups is 1. The van der Waals surface area contributed by atoms with Crippen molar-refractivity contribution >= 4 is 45.1 Å². The molecule has 4 rings (SSSR count). The lowest BCUT2D eigenvalue weighted by Gasteiger charge is -2.34. The summed E-state index contributed by atoms with van der Waals surface area (Å²) in [6.07, 6.45) is -2.29. The Morgan fingerprint density at radius 2 is 1.76 bits per heavy atom. The maximum atomic E-state index is 14.1. The molecule has 14 nitrogen and oxygen atoms in total. The van der Waals surface area contributed by atoms with Gasteiger partial charge in [-0.25, -0.2) is 23.0 Å². The highest BCUT2D eigenvalue weighted by atomic mass is 32.2. The minimum Gasteiger partial charge on any atom is -0.451 e. The van der Waals surface area contributed by atoms with Gasteiger partial charge in [0.25, 0.3) is 0 Å². The Labute approximate surface area is 303 Å². The highest BCUT2D eigenvalue weighted by Crippen LogP contribution is 2.25. The number of hydrogen-bond acceptors (Lipinski definition) is 10. The molecule has 0 bridgehead atoms. The number of carbonyl (C=O) groups excluding carboxylic acids is 3. The van der Waals surface area contributed by atoms with Crippen LogP contribution in [0, 0.1) is 18.8 Å².